The number of halogens is 2. The molecule has 178 valence electrons. The molecule has 2 aromatic carbocycles. The number of nitrogens with zero attached hydrogens (tertiary/aromatic N) is 2. The van der Waals surface area contributed by atoms with Gasteiger partial charge in [0.1, 0.15) is 11.6 Å². The molecule has 4 rings (SSSR count). The Morgan fingerprint density at radius 1 is 0.971 bits per heavy atom. The van der Waals surface area contributed by atoms with Crippen LogP contribution in [0.2, 0.25) is 0 Å². The number of hydrogen-bond acceptors (Lipinski definition) is 6. The summed E-state index contributed by atoms with van der Waals surface area (Å²) in [6.07, 6.45) is 1.66. The van der Waals surface area contributed by atoms with Crippen molar-refractivity contribution >= 4 is 23.2 Å². The number of rotatable bonds is 8. The molecule has 3 aromatic rings. The lowest BCUT2D eigenvalue weighted by Gasteiger charge is -2.25. The largest absolute Gasteiger partial charge is 0.441 e. The number of aryl methyl sites for hydroxylation is 1. The van der Waals surface area contributed by atoms with Crippen LogP contribution in [0, 0.1) is 11.6 Å². The van der Waals surface area contributed by atoms with E-state index < -0.39 is 11.6 Å². The zero-order valence-electron chi connectivity index (χ0n) is 18.4. The monoisotopic (exact) mass is 470 g/mol. The molecule has 2 amide bonds. The molecule has 2 heterocycles. The first kappa shape index (κ1) is 23.5. The number of nitrogens with one attached hydrogen (secondary N) is 2. The van der Waals surface area contributed by atoms with Crippen LogP contribution < -0.4 is 10.6 Å². The lowest BCUT2D eigenvalue weighted by atomic mass is 10.2. The molecule has 10 heteroatoms. The summed E-state index contributed by atoms with van der Waals surface area (Å²) >= 11 is 0. The molecule has 1 saturated heterocycles. The van der Waals surface area contributed by atoms with Crippen molar-refractivity contribution in [2.45, 2.75) is 12.8 Å². The molecule has 2 N–H and O–H groups in total. The van der Waals surface area contributed by atoms with Gasteiger partial charge >= 0.3 is 0 Å². The Balaban J connectivity index is 1.23. The molecule has 0 radical (unpaired) electrons. The van der Waals surface area contributed by atoms with Gasteiger partial charge in [-0.15, -0.1) is 0 Å². The van der Waals surface area contributed by atoms with Crippen LogP contribution in [0.5, 0.6) is 0 Å². The summed E-state index contributed by atoms with van der Waals surface area (Å²) in [5.74, 6) is -1.35. The lowest BCUT2D eigenvalue weighted by molar-refractivity contribution is -0.118. The maximum Gasteiger partial charge on any atom is 0.238 e. The van der Waals surface area contributed by atoms with Crippen LogP contribution in [0.3, 0.4) is 0 Å². The van der Waals surface area contributed by atoms with Crippen LogP contribution in [0.15, 0.2) is 53.1 Å². The predicted molar refractivity (Wildman–Crippen MR) is 121 cm³/mol. The van der Waals surface area contributed by atoms with Crippen molar-refractivity contribution in [1.29, 1.82) is 0 Å². The highest BCUT2D eigenvalue weighted by Crippen LogP contribution is 2.24. The number of anilines is 2. The van der Waals surface area contributed by atoms with Gasteiger partial charge in [0, 0.05) is 43.4 Å². The highest BCUT2D eigenvalue weighted by Gasteiger charge is 2.15. The number of hydrogen-bond donors (Lipinski definition) is 2. The fourth-order valence-electron chi connectivity index (χ4n) is 3.48. The molecule has 34 heavy (non-hydrogen) atoms. The second-order valence-electron chi connectivity index (χ2n) is 7.80. The molecular formula is C24H24F2N4O4. The highest BCUT2D eigenvalue weighted by molar-refractivity contribution is 5.93. The number of benzene rings is 2. The van der Waals surface area contributed by atoms with Gasteiger partial charge in [-0.2, -0.15) is 0 Å². The van der Waals surface area contributed by atoms with Crippen molar-refractivity contribution in [1.82, 2.24) is 9.88 Å². The minimum Gasteiger partial charge on any atom is -0.441 e. The number of amides is 2. The van der Waals surface area contributed by atoms with Gasteiger partial charge in [0.15, 0.2) is 11.7 Å². The summed E-state index contributed by atoms with van der Waals surface area (Å²) in [5.41, 5.74) is 1.32. The average Bonchev–Trinajstić information content (AvgIpc) is 3.28. The second kappa shape index (κ2) is 11.0. The molecule has 0 atom stereocenters. The second-order valence-corrected chi connectivity index (χ2v) is 7.80. The third kappa shape index (κ3) is 6.46. The zero-order chi connectivity index (χ0) is 23.9. The summed E-state index contributed by atoms with van der Waals surface area (Å²) in [5, 5.41) is 5.60. The number of ether oxygens (including phenoxy) is 1. The smallest absolute Gasteiger partial charge is 0.238 e. The minimum absolute atomic E-state index is 0.0988. The number of aromatic nitrogens is 1. The standard InChI is InChI=1S/C24H24F2N4O4/c25-16-1-6-19(20(26)13-16)21-14-27-24(34-21)8-7-22(31)28-17-2-4-18(5-3-17)29-23(32)15-30-9-11-33-12-10-30/h1-6,13-14H,7-12,15H2,(H,28,31)(H,29,32). The number of carbonyl (C=O) groups is 2. The molecular weight excluding hydrogens is 446 g/mol. The van der Waals surface area contributed by atoms with Crippen LogP contribution in [0.4, 0.5) is 20.2 Å². The van der Waals surface area contributed by atoms with Gasteiger partial charge in [-0.05, 0) is 36.4 Å². The molecule has 1 aliphatic rings. The summed E-state index contributed by atoms with van der Waals surface area (Å²) in [6.45, 7) is 3.03. The Morgan fingerprint density at radius 2 is 1.65 bits per heavy atom. The Bertz CT molecular complexity index is 1140. The molecule has 1 aliphatic heterocycles. The number of oxazole rings is 1. The van der Waals surface area contributed by atoms with Crippen LogP contribution in [0.1, 0.15) is 12.3 Å². The van der Waals surface area contributed by atoms with E-state index in [1.54, 1.807) is 24.3 Å². The van der Waals surface area contributed by atoms with E-state index in [9.17, 15) is 18.4 Å². The summed E-state index contributed by atoms with van der Waals surface area (Å²) in [7, 11) is 0. The van der Waals surface area contributed by atoms with E-state index in [0.717, 1.165) is 25.2 Å². The summed E-state index contributed by atoms with van der Waals surface area (Å²) in [4.78, 5) is 30.5. The van der Waals surface area contributed by atoms with Crippen molar-refractivity contribution in [2.24, 2.45) is 0 Å². The molecule has 0 saturated carbocycles. The third-order valence-corrected chi connectivity index (χ3v) is 5.24. The van der Waals surface area contributed by atoms with Crippen molar-refractivity contribution in [3.8, 4) is 11.3 Å². The topological polar surface area (TPSA) is 96.7 Å². The van der Waals surface area contributed by atoms with Gasteiger partial charge in [-0.3, -0.25) is 14.5 Å². The van der Waals surface area contributed by atoms with E-state index in [2.05, 4.69) is 15.6 Å². The Labute approximate surface area is 194 Å². The van der Waals surface area contributed by atoms with E-state index in [-0.39, 0.29) is 41.9 Å². The maximum absolute atomic E-state index is 13.9. The predicted octanol–water partition coefficient (Wildman–Crippen LogP) is 3.46. The van der Waals surface area contributed by atoms with Gasteiger partial charge in [0.05, 0.1) is 31.5 Å². The van der Waals surface area contributed by atoms with Gasteiger partial charge in [0.25, 0.3) is 0 Å². The minimum atomic E-state index is -0.749. The zero-order valence-corrected chi connectivity index (χ0v) is 18.4. The number of morpholine rings is 1. The molecule has 0 unspecified atom stereocenters. The van der Waals surface area contributed by atoms with Crippen LogP contribution >= 0.6 is 0 Å². The normalized spacial score (nSPS) is 14.1. The first-order valence-electron chi connectivity index (χ1n) is 10.9. The van der Waals surface area contributed by atoms with Crippen LogP contribution in [0.25, 0.3) is 11.3 Å². The fourth-order valence-corrected chi connectivity index (χ4v) is 3.48. The lowest BCUT2D eigenvalue weighted by Crippen LogP contribution is -2.41. The first-order chi connectivity index (χ1) is 16.5. The molecule has 0 aliphatic carbocycles. The third-order valence-electron chi connectivity index (χ3n) is 5.24. The Morgan fingerprint density at radius 3 is 2.32 bits per heavy atom. The van der Waals surface area contributed by atoms with E-state index in [0.29, 0.717) is 31.1 Å². The van der Waals surface area contributed by atoms with Crippen LogP contribution in [-0.4, -0.2) is 54.5 Å². The average molecular weight is 470 g/mol. The van der Waals surface area contributed by atoms with E-state index in [4.69, 9.17) is 9.15 Å². The van der Waals surface area contributed by atoms with E-state index >= 15 is 0 Å². The highest BCUT2D eigenvalue weighted by atomic mass is 19.1. The van der Waals surface area contributed by atoms with Crippen molar-refractivity contribution in [2.75, 3.05) is 43.5 Å². The first-order valence-corrected chi connectivity index (χ1v) is 10.9. The molecule has 1 fully saturated rings. The fraction of sp³-hybridized carbons (Fsp3) is 0.292. The van der Waals surface area contributed by atoms with Gasteiger partial charge < -0.3 is 19.8 Å². The molecule has 0 spiro atoms. The van der Waals surface area contributed by atoms with E-state index in [1.807, 2.05) is 4.90 Å². The summed E-state index contributed by atoms with van der Waals surface area (Å²) in [6, 6.07) is 10.00. The van der Waals surface area contributed by atoms with Crippen molar-refractivity contribution in [3.63, 3.8) is 0 Å². The van der Waals surface area contributed by atoms with Gasteiger partial charge in [-0.1, -0.05) is 0 Å². The quantitative estimate of drug-likeness (QED) is 0.524. The maximum atomic E-state index is 13.9. The van der Waals surface area contributed by atoms with Crippen molar-refractivity contribution < 1.29 is 27.5 Å². The SMILES string of the molecule is O=C(CCc1ncc(-c2ccc(F)cc2F)o1)Nc1ccc(NC(=O)CN2CCOCC2)cc1. The van der Waals surface area contributed by atoms with Crippen molar-refractivity contribution in [3.05, 3.63) is 66.2 Å². The van der Waals surface area contributed by atoms with Gasteiger partial charge in [0.2, 0.25) is 11.8 Å². The Kier molecular flexibility index (Phi) is 7.61. The van der Waals surface area contributed by atoms with E-state index in [1.165, 1.54) is 12.3 Å². The summed E-state index contributed by atoms with van der Waals surface area (Å²) < 4.78 is 37.7. The van der Waals surface area contributed by atoms with Gasteiger partial charge in [-0.25, -0.2) is 13.8 Å². The molecule has 8 nitrogen and oxygen atoms in total. The Hall–Kier alpha value is -3.63. The molecule has 0 bridgehead atoms. The molecule has 1 aromatic heterocycles. The number of carbonyl (C=O) groups excluding carboxylic acids is 2. The van der Waals surface area contributed by atoms with Crippen LogP contribution in [-0.2, 0) is 20.7 Å².